The fraction of sp³-hybridized carbons (Fsp3) is 0.300. The fourth-order valence-corrected chi connectivity index (χ4v) is 4.91. The highest BCUT2D eigenvalue weighted by molar-refractivity contribution is 6.08. The Kier molecular flexibility index (Phi) is 7.36. The number of aromatic nitrogens is 3. The molecule has 4 aromatic rings. The van der Waals surface area contributed by atoms with Crippen molar-refractivity contribution in [3.05, 3.63) is 72.6 Å². The number of hydrogen-bond donors (Lipinski definition) is 4. The van der Waals surface area contributed by atoms with Crippen LogP contribution in [0.4, 0.5) is 11.5 Å². The van der Waals surface area contributed by atoms with Crippen LogP contribution in [0.3, 0.4) is 0 Å². The Morgan fingerprint density at radius 2 is 1.82 bits per heavy atom. The molecule has 0 aliphatic heterocycles. The van der Waals surface area contributed by atoms with Crippen LogP contribution in [0.25, 0.3) is 33.4 Å². The van der Waals surface area contributed by atoms with Gasteiger partial charge in [0.1, 0.15) is 24.0 Å². The van der Waals surface area contributed by atoms with Gasteiger partial charge in [-0.3, -0.25) is 4.79 Å². The van der Waals surface area contributed by atoms with Crippen molar-refractivity contribution in [1.82, 2.24) is 19.9 Å². The van der Waals surface area contributed by atoms with Crippen LogP contribution < -0.4 is 16.4 Å². The molecular formula is C30H34N6O3. The molecule has 2 aromatic carbocycles. The lowest BCUT2D eigenvalue weighted by molar-refractivity contribution is 0.0884. The molecule has 1 unspecified atom stereocenters. The zero-order chi connectivity index (χ0) is 27.7. The van der Waals surface area contributed by atoms with Crippen LogP contribution in [0, 0.1) is 5.92 Å². The van der Waals surface area contributed by atoms with Crippen LogP contribution in [0.15, 0.2) is 67.0 Å². The maximum atomic E-state index is 13.0. The highest BCUT2D eigenvalue weighted by Crippen LogP contribution is 2.42. The van der Waals surface area contributed by atoms with Gasteiger partial charge in [-0.15, -0.1) is 0 Å². The summed E-state index contributed by atoms with van der Waals surface area (Å²) < 4.78 is 7.30. The first-order valence-corrected chi connectivity index (χ1v) is 13.0. The molecule has 9 heteroatoms. The number of nitrogens with zero attached hydrogens (tertiary/aromatic N) is 3. The zero-order valence-corrected chi connectivity index (χ0v) is 22.4. The van der Waals surface area contributed by atoms with Gasteiger partial charge >= 0.3 is 0 Å². The zero-order valence-electron chi connectivity index (χ0n) is 22.4. The summed E-state index contributed by atoms with van der Waals surface area (Å²) in [7, 11) is 3.60. The van der Waals surface area contributed by atoms with Crippen molar-refractivity contribution in [2.75, 3.05) is 24.8 Å². The van der Waals surface area contributed by atoms with Crippen LogP contribution in [0.1, 0.15) is 30.1 Å². The molecule has 1 fully saturated rings. The molecule has 2 heterocycles. The minimum absolute atomic E-state index is 0.0257. The third-order valence-electron chi connectivity index (χ3n) is 7.21. The monoisotopic (exact) mass is 526 g/mol. The number of anilines is 2. The average molecular weight is 527 g/mol. The number of methoxy groups -OCH3 is 1. The van der Waals surface area contributed by atoms with Crippen LogP contribution in [0.5, 0.6) is 0 Å². The summed E-state index contributed by atoms with van der Waals surface area (Å²) in [5, 5.41) is 17.0. The minimum Gasteiger partial charge on any atom is -0.383 e. The van der Waals surface area contributed by atoms with Gasteiger partial charge in [0.05, 0.1) is 23.7 Å². The van der Waals surface area contributed by atoms with Gasteiger partial charge in [0.15, 0.2) is 0 Å². The lowest BCUT2D eigenvalue weighted by Gasteiger charge is -2.17. The van der Waals surface area contributed by atoms with Crippen molar-refractivity contribution in [2.24, 2.45) is 13.0 Å². The summed E-state index contributed by atoms with van der Waals surface area (Å²) in [6.07, 6.45) is 2.86. The second-order valence-electron chi connectivity index (χ2n) is 10.2. The summed E-state index contributed by atoms with van der Waals surface area (Å²) in [4.78, 5) is 21.7. The Balaban J connectivity index is 1.51. The number of aliphatic hydroxyl groups is 1. The number of rotatable bonds is 10. The van der Waals surface area contributed by atoms with Crippen molar-refractivity contribution >= 4 is 28.4 Å². The molecule has 1 amide bonds. The second kappa shape index (κ2) is 10.9. The number of carbonyl (C=O) groups is 1. The van der Waals surface area contributed by atoms with E-state index in [0.29, 0.717) is 35.1 Å². The Bertz CT molecular complexity index is 1510. The standard InChI is InChI=1S/C30H34N6O3/c1-17(2)29(37)34-22-13-11-20(12-14-22)26-24(25-27(31)32-16-33-28(25)36(26)3)19-7-9-21(10-8-19)30(38)35-23(15-39-4)18-5-6-18/h7-14,16,18,23,29,34,37H,1,5-6,15H2,2-4H3,(H,35,38)(H2,31,32,33)/t23-,29?/m0/s1. The van der Waals surface area contributed by atoms with E-state index in [-0.39, 0.29) is 11.9 Å². The van der Waals surface area contributed by atoms with Crippen LogP contribution in [0.2, 0.25) is 0 Å². The SMILES string of the molecule is C=C(C)C(O)Nc1ccc(-c2c(-c3ccc(C(=O)N[C@@H](COC)C4CC4)cc3)c3c(N)ncnc3n2C)cc1. The number of aliphatic hydroxyl groups excluding tert-OH is 1. The number of nitrogens with two attached hydrogens (primary N) is 1. The maximum Gasteiger partial charge on any atom is 0.251 e. The smallest absolute Gasteiger partial charge is 0.251 e. The van der Waals surface area contributed by atoms with E-state index in [0.717, 1.165) is 46.3 Å². The fourth-order valence-electron chi connectivity index (χ4n) is 4.91. The van der Waals surface area contributed by atoms with Gasteiger partial charge in [0.2, 0.25) is 0 Å². The average Bonchev–Trinajstić information content (AvgIpc) is 3.73. The van der Waals surface area contributed by atoms with Crippen molar-refractivity contribution in [3.63, 3.8) is 0 Å². The molecule has 39 heavy (non-hydrogen) atoms. The van der Waals surface area contributed by atoms with Crippen LogP contribution >= 0.6 is 0 Å². The van der Waals surface area contributed by atoms with Gasteiger partial charge < -0.3 is 30.8 Å². The molecule has 0 spiro atoms. The van der Waals surface area contributed by atoms with Gasteiger partial charge in [0, 0.05) is 31.0 Å². The van der Waals surface area contributed by atoms with Crippen molar-refractivity contribution in [3.8, 4) is 22.4 Å². The highest BCUT2D eigenvalue weighted by Gasteiger charge is 2.32. The number of aryl methyl sites for hydroxylation is 1. The molecule has 0 radical (unpaired) electrons. The largest absolute Gasteiger partial charge is 0.383 e. The number of nitrogens with one attached hydrogen (secondary N) is 2. The number of hydrogen-bond acceptors (Lipinski definition) is 7. The van der Waals surface area contributed by atoms with E-state index in [4.69, 9.17) is 10.5 Å². The predicted octanol–water partition coefficient (Wildman–Crippen LogP) is 4.35. The first-order valence-electron chi connectivity index (χ1n) is 13.0. The minimum atomic E-state index is -0.830. The highest BCUT2D eigenvalue weighted by atomic mass is 16.5. The molecular weight excluding hydrogens is 492 g/mol. The Labute approximate surface area is 227 Å². The molecule has 9 nitrogen and oxygen atoms in total. The summed E-state index contributed by atoms with van der Waals surface area (Å²) >= 11 is 0. The van der Waals surface area contributed by atoms with Gasteiger partial charge in [-0.2, -0.15) is 0 Å². The van der Waals surface area contributed by atoms with Gasteiger partial charge in [0.25, 0.3) is 5.91 Å². The van der Waals surface area contributed by atoms with E-state index in [9.17, 15) is 9.90 Å². The van der Waals surface area contributed by atoms with E-state index in [1.54, 1.807) is 14.0 Å². The molecule has 202 valence electrons. The Morgan fingerprint density at radius 3 is 2.44 bits per heavy atom. The molecule has 2 atom stereocenters. The topological polar surface area (TPSA) is 127 Å². The Hall–Kier alpha value is -4.21. The van der Waals surface area contributed by atoms with E-state index < -0.39 is 6.23 Å². The van der Waals surface area contributed by atoms with Crippen molar-refractivity contribution < 1.29 is 14.6 Å². The normalized spacial score (nSPS) is 14.7. The molecule has 5 rings (SSSR count). The summed E-state index contributed by atoms with van der Waals surface area (Å²) in [5.41, 5.74) is 12.7. The second-order valence-corrected chi connectivity index (χ2v) is 10.2. The van der Waals surface area contributed by atoms with E-state index >= 15 is 0 Å². The maximum absolute atomic E-state index is 13.0. The molecule has 1 saturated carbocycles. The van der Waals surface area contributed by atoms with Crippen molar-refractivity contribution in [2.45, 2.75) is 32.0 Å². The molecule has 1 aliphatic rings. The van der Waals surface area contributed by atoms with Crippen LogP contribution in [-0.4, -0.2) is 51.5 Å². The summed E-state index contributed by atoms with van der Waals surface area (Å²) in [5.74, 6) is 0.755. The van der Waals surface area contributed by atoms with E-state index in [1.807, 2.05) is 60.1 Å². The van der Waals surface area contributed by atoms with Gasteiger partial charge in [-0.05, 0) is 66.6 Å². The van der Waals surface area contributed by atoms with Crippen LogP contribution in [-0.2, 0) is 11.8 Å². The summed E-state index contributed by atoms with van der Waals surface area (Å²) in [6.45, 7) is 6.05. The molecule has 5 N–H and O–H groups in total. The number of benzene rings is 2. The van der Waals surface area contributed by atoms with Gasteiger partial charge in [-0.25, -0.2) is 9.97 Å². The Morgan fingerprint density at radius 1 is 1.15 bits per heavy atom. The molecule has 2 aromatic heterocycles. The van der Waals surface area contributed by atoms with E-state index in [1.165, 1.54) is 6.33 Å². The van der Waals surface area contributed by atoms with Crippen molar-refractivity contribution in [1.29, 1.82) is 0 Å². The van der Waals surface area contributed by atoms with Gasteiger partial charge in [-0.1, -0.05) is 30.8 Å². The number of fused-ring (bicyclic) bond motifs is 1. The predicted molar refractivity (Wildman–Crippen MR) is 154 cm³/mol. The third-order valence-corrected chi connectivity index (χ3v) is 7.21. The number of nitrogen functional groups attached to an aromatic ring is 1. The summed E-state index contributed by atoms with van der Waals surface area (Å²) in [6, 6.07) is 15.3. The molecule has 1 aliphatic carbocycles. The third kappa shape index (κ3) is 5.36. The first kappa shape index (κ1) is 26.4. The first-order chi connectivity index (χ1) is 18.8. The number of amides is 1. The number of carbonyl (C=O) groups excluding carboxylic acids is 1. The quantitative estimate of drug-likeness (QED) is 0.179. The lowest BCUT2D eigenvalue weighted by atomic mass is 9.97. The number of ether oxygens (including phenoxy) is 1. The lowest BCUT2D eigenvalue weighted by Crippen LogP contribution is -2.39. The molecule has 0 bridgehead atoms. The van der Waals surface area contributed by atoms with E-state index in [2.05, 4.69) is 27.2 Å². The molecule has 0 saturated heterocycles.